The van der Waals surface area contributed by atoms with Crippen LogP contribution in [0.3, 0.4) is 0 Å². The third-order valence-electron chi connectivity index (χ3n) is 4.22. The maximum absolute atomic E-state index is 12.4. The molecular weight excluding hydrogens is 390 g/mol. The van der Waals surface area contributed by atoms with Crippen molar-refractivity contribution in [3.63, 3.8) is 0 Å². The number of aromatic nitrogens is 2. The van der Waals surface area contributed by atoms with Crippen molar-refractivity contribution in [3.8, 4) is 5.75 Å². The SMILES string of the molecule is O=C(Nc1cccc(OCc2cc(=O)n3ccccc3n2)c1)c1ccccc1Cl. The number of nitrogens with zero attached hydrogens (tertiary/aromatic N) is 2. The monoisotopic (exact) mass is 405 g/mol. The Morgan fingerprint density at radius 2 is 1.86 bits per heavy atom. The summed E-state index contributed by atoms with van der Waals surface area (Å²) in [6.07, 6.45) is 1.67. The average molecular weight is 406 g/mol. The zero-order valence-electron chi connectivity index (χ0n) is 15.2. The average Bonchev–Trinajstić information content (AvgIpc) is 2.73. The van der Waals surface area contributed by atoms with Crippen molar-refractivity contribution in [1.29, 1.82) is 0 Å². The van der Waals surface area contributed by atoms with Crippen molar-refractivity contribution in [2.24, 2.45) is 0 Å². The summed E-state index contributed by atoms with van der Waals surface area (Å²) in [7, 11) is 0. The van der Waals surface area contributed by atoms with Crippen molar-refractivity contribution in [3.05, 3.63) is 106 Å². The highest BCUT2D eigenvalue weighted by molar-refractivity contribution is 6.34. The van der Waals surface area contributed by atoms with Crippen LogP contribution in [0.2, 0.25) is 5.02 Å². The zero-order chi connectivity index (χ0) is 20.2. The molecular formula is C22H16ClN3O3. The van der Waals surface area contributed by atoms with Crippen LogP contribution in [0.25, 0.3) is 5.65 Å². The highest BCUT2D eigenvalue weighted by Crippen LogP contribution is 2.21. The number of hydrogen-bond donors (Lipinski definition) is 1. The van der Waals surface area contributed by atoms with E-state index in [4.69, 9.17) is 16.3 Å². The van der Waals surface area contributed by atoms with Crippen LogP contribution >= 0.6 is 11.6 Å². The fourth-order valence-electron chi connectivity index (χ4n) is 2.84. The van der Waals surface area contributed by atoms with Crippen molar-refractivity contribution < 1.29 is 9.53 Å². The molecule has 4 rings (SSSR count). The first-order chi connectivity index (χ1) is 14.1. The second kappa shape index (κ2) is 8.16. The summed E-state index contributed by atoms with van der Waals surface area (Å²) < 4.78 is 7.23. The van der Waals surface area contributed by atoms with Gasteiger partial charge in [-0.3, -0.25) is 14.0 Å². The number of hydrogen-bond acceptors (Lipinski definition) is 4. The number of fused-ring (bicyclic) bond motifs is 1. The van der Waals surface area contributed by atoms with Crippen LogP contribution in [0.1, 0.15) is 16.1 Å². The van der Waals surface area contributed by atoms with Gasteiger partial charge in [-0.25, -0.2) is 4.98 Å². The Balaban J connectivity index is 1.47. The van der Waals surface area contributed by atoms with E-state index >= 15 is 0 Å². The third-order valence-corrected chi connectivity index (χ3v) is 4.55. The number of rotatable bonds is 5. The van der Waals surface area contributed by atoms with Gasteiger partial charge in [0, 0.05) is 24.0 Å². The van der Waals surface area contributed by atoms with E-state index in [2.05, 4.69) is 10.3 Å². The molecule has 0 saturated carbocycles. The predicted molar refractivity (Wildman–Crippen MR) is 112 cm³/mol. The van der Waals surface area contributed by atoms with Crippen LogP contribution in [0.4, 0.5) is 5.69 Å². The summed E-state index contributed by atoms with van der Waals surface area (Å²) >= 11 is 6.07. The number of carbonyl (C=O) groups excluding carboxylic acids is 1. The lowest BCUT2D eigenvalue weighted by molar-refractivity contribution is 0.102. The summed E-state index contributed by atoms with van der Waals surface area (Å²) in [6.45, 7) is 0.128. The van der Waals surface area contributed by atoms with Crippen LogP contribution < -0.4 is 15.6 Å². The quantitative estimate of drug-likeness (QED) is 0.540. The molecule has 0 spiro atoms. The Kier molecular flexibility index (Phi) is 5.27. The van der Waals surface area contributed by atoms with Crippen molar-refractivity contribution in [2.75, 3.05) is 5.32 Å². The van der Waals surface area contributed by atoms with Crippen molar-refractivity contribution >= 4 is 28.8 Å². The summed E-state index contributed by atoms with van der Waals surface area (Å²) in [6, 6.07) is 20.6. The molecule has 2 heterocycles. The van der Waals surface area contributed by atoms with Gasteiger partial charge in [0.05, 0.1) is 16.3 Å². The summed E-state index contributed by atoms with van der Waals surface area (Å²) in [4.78, 5) is 29.0. The topological polar surface area (TPSA) is 72.7 Å². The Morgan fingerprint density at radius 1 is 1.03 bits per heavy atom. The molecule has 0 aliphatic heterocycles. The molecule has 0 saturated heterocycles. The van der Waals surface area contributed by atoms with Gasteiger partial charge in [0.2, 0.25) is 0 Å². The van der Waals surface area contributed by atoms with Gasteiger partial charge in [0.25, 0.3) is 11.5 Å². The zero-order valence-corrected chi connectivity index (χ0v) is 16.0. The number of benzene rings is 2. The molecule has 29 heavy (non-hydrogen) atoms. The number of pyridine rings is 1. The van der Waals surface area contributed by atoms with E-state index in [1.165, 1.54) is 10.5 Å². The van der Waals surface area contributed by atoms with Gasteiger partial charge in [-0.1, -0.05) is 35.9 Å². The molecule has 1 amide bonds. The summed E-state index contributed by atoms with van der Waals surface area (Å²) in [5.41, 5.74) is 1.86. The van der Waals surface area contributed by atoms with Crippen LogP contribution in [-0.2, 0) is 6.61 Å². The van der Waals surface area contributed by atoms with Gasteiger partial charge < -0.3 is 10.1 Å². The van der Waals surface area contributed by atoms with Crippen LogP contribution in [0, 0.1) is 0 Å². The Morgan fingerprint density at radius 3 is 2.72 bits per heavy atom. The van der Waals surface area contributed by atoms with Crippen LogP contribution in [0.15, 0.2) is 83.8 Å². The molecule has 0 aliphatic rings. The molecule has 7 heteroatoms. The first-order valence-electron chi connectivity index (χ1n) is 8.86. The molecule has 2 aromatic heterocycles. The largest absolute Gasteiger partial charge is 0.487 e. The van der Waals surface area contributed by atoms with Gasteiger partial charge in [0.1, 0.15) is 18.0 Å². The number of ether oxygens (including phenoxy) is 1. The van der Waals surface area contributed by atoms with Gasteiger partial charge in [-0.2, -0.15) is 0 Å². The van der Waals surface area contributed by atoms with Crippen LogP contribution in [0.5, 0.6) is 5.75 Å². The third kappa shape index (κ3) is 4.28. The van der Waals surface area contributed by atoms with E-state index in [9.17, 15) is 9.59 Å². The minimum Gasteiger partial charge on any atom is -0.487 e. The highest BCUT2D eigenvalue weighted by Gasteiger charge is 2.10. The van der Waals surface area contributed by atoms with E-state index in [-0.39, 0.29) is 18.1 Å². The first-order valence-corrected chi connectivity index (χ1v) is 9.24. The second-order valence-electron chi connectivity index (χ2n) is 6.27. The van der Waals surface area contributed by atoms with E-state index in [1.807, 2.05) is 6.07 Å². The molecule has 144 valence electrons. The lowest BCUT2D eigenvalue weighted by atomic mass is 10.2. The molecule has 0 radical (unpaired) electrons. The molecule has 6 nitrogen and oxygen atoms in total. The maximum Gasteiger partial charge on any atom is 0.258 e. The number of anilines is 1. The van der Waals surface area contributed by atoms with E-state index in [0.717, 1.165) is 0 Å². The fourth-order valence-corrected chi connectivity index (χ4v) is 3.06. The predicted octanol–water partition coefficient (Wildman–Crippen LogP) is 4.18. The summed E-state index contributed by atoms with van der Waals surface area (Å²) in [5, 5.41) is 3.18. The van der Waals surface area contributed by atoms with Gasteiger partial charge in [-0.05, 0) is 36.4 Å². The number of nitrogens with one attached hydrogen (secondary N) is 1. The van der Waals surface area contributed by atoms with Gasteiger partial charge in [0.15, 0.2) is 0 Å². The second-order valence-corrected chi connectivity index (χ2v) is 6.67. The number of amides is 1. The summed E-state index contributed by atoms with van der Waals surface area (Å²) in [5.74, 6) is 0.231. The Bertz CT molecular complexity index is 1250. The molecule has 0 aliphatic carbocycles. The molecule has 1 N–H and O–H groups in total. The normalized spacial score (nSPS) is 10.7. The lowest BCUT2D eigenvalue weighted by Crippen LogP contribution is -2.16. The number of halogens is 1. The molecule has 4 aromatic rings. The molecule has 0 unspecified atom stereocenters. The molecule has 0 fully saturated rings. The first kappa shape index (κ1) is 18.7. The Labute approximate surface area is 171 Å². The van der Waals surface area contributed by atoms with Crippen molar-refractivity contribution in [1.82, 2.24) is 9.38 Å². The fraction of sp³-hybridized carbons (Fsp3) is 0.0455. The highest BCUT2D eigenvalue weighted by atomic mass is 35.5. The standard InChI is InChI=1S/C22H16ClN3O3/c23-19-9-2-1-8-18(19)22(28)25-15-6-5-7-17(12-15)29-14-16-13-21(27)26-11-4-3-10-20(26)24-16/h1-13H,14H2,(H,25,28). The van der Waals surface area contributed by atoms with E-state index in [0.29, 0.717) is 33.4 Å². The number of carbonyl (C=O) groups is 1. The van der Waals surface area contributed by atoms with E-state index < -0.39 is 0 Å². The van der Waals surface area contributed by atoms with Crippen molar-refractivity contribution in [2.45, 2.75) is 6.61 Å². The van der Waals surface area contributed by atoms with Gasteiger partial charge in [-0.15, -0.1) is 0 Å². The Hall–Kier alpha value is -3.64. The van der Waals surface area contributed by atoms with Crippen LogP contribution in [-0.4, -0.2) is 15.3 Å². The maximum atomic E-state index is 12.4. The lowest BCUT2D eigenvalue weighted by Gasteiger charge is -2.10. The minimum absolute atomic E-state index is 0.128. The molecule has 0 bridgehead atoms. The van der Waals surface area contributed by atoms with Gasteiger partial charge >= 0.3 is 0 Å². The molecule has 0 atom stereocenters. The minimum atomic E-state index is -0.308. The van der Waals surface area contributed by atoms with E-state index in [1.54, 1.807) is 66.9 Å². The molecule has 2 aromatic carbocycles. The smallest absolute Gasteiger partial charge is 0.258 e.